The van der Waals surface area contributed by atoms with Crippen LogP contribution >= 0.6 is 0 Å². The number of nitrogens with one attached hydrogen (secondary N) is 1. The fourth-order valence-corrected chi connectivity index (χ4v) is 5.92. The summed E-state index contributed by atoms with van der Waals surface area (Å²) in [5.74, 6) is -1.12. The number of aryl methyl sites for hydroxylation is 1. The maximum atomic E-state index is 13.7. The van der Waals surface area contributed by atoms with Crippen molar-refractivity contribution in [3.63, 3.8) is 0 Å². The average Bonchev–Trinajstić information content (AvgIpc) is 2.95. The molecule has 0 radical (unpaired) electrons. The molecule has 0 saturated heterocycles. The first-order valence-electron chi connectivity index (χ1n) is 13.7. The van der Waals surface area contributed by atoms with Crippen LogP contribution in [0.25, 0.3) is 0 Å². The summed E-state index contributed by atoms with van der Waals surface area (Å²) in [4.78, 5) is 28.6. The molecule has 1 aliphatic heterocycles. The highest BCUT2D eigenvalue weighted by atomic mass is 32.2. The topological polar surface area (TPSA) is 136 Å². The average molecular weight is 596 g/mol. The van der Waals surface area contributed by atoms with Crippen LogP contribution in [0.4, 0.5) is 5.69 Å². The Morgan fingerprint density at radius 2 is 1.79 bits per heavy atom. The number of sulfonamides is 1. The molecule has 224 valence electrons. The monoisotopic (exact) mass is 595 g/mol. The predicted molar refractivity (Wildman–Crippen MR) is 159 cm³/mol. The van der Waals surface area contributed by atoms with Crippen LogP contribution in [-0.2, 0) is 16.6 Å². The van der Waals surface area contributed by atoms with E-state index >= 15 is 0 Å². The van der Waals surface area contributed by atoms with Gasteiger partial charge in [0.2, 0.25) is 0 Å². The highest BCUT2D eigenvalue weighted by Gasteiger charge is 2.33. The van der Waals surface area contributed by atoms with E-state index in [0.717, 1.165) is 11.1 Å². The van der Waals surface area contributed by atoms with Crippen LogP contribution in [0.3, 0.4) is 0 Å². The number of benzene rings is 3. The Hall–Kier alpha value is -3.93. The number of rotatable bonds is 10. The van der Waals surface area contributed by atoms with E-state index in [9.17, 15) is 23.1 Å². The first-order valence-corrected chi connectivity index (χ1v) is 15.2. The van der Waals surface area contributed by atoms with Crippen LogP contribution in [0.5, 0.6) is 5.75 Å². The van der Waals surface area contributed by atoms with Crippen molar-refractivity contribution in [2.24, 2.45) is 5.92 Å². The smallest absolute Gasteiger partial charge is 0.335 e. The van der Waals surface area contributed by atoms with Crippen LogP contribution in [-0.4, -0.2) is 79.2 Å². The zero-order valence-corrected chi connectivity index (χ0v) is 25.0. The number of aliphatic hydroxyl groups excluding tert-OH is 1. The molecule has 1 aliphatic rings. The Morgan fingerprint density at radius 3 is 2.40 bits per heavy atom. The number of aliphatic hydroxyl groups is 1. The second-order valence-electron chi connectivity index (χ2n) is 11.0. The summed E-state index contributed by atoms with van der Waals surface area (Å²) in [6.45, 7) is 6.76. The summed E-state index contributed by atoms with van der Waals surface area (Å²) in [5, 5.41) is 19.1. The number of hydrogen-bond acceptors (Lipinski definition) is 7. The lowest BCUT2D eigenvalue weighted by Crippen LogP contribution is -2.49. The van der Waals surface area contributed by atoms with Gasteiger partial charge in [0.25, 0.3) is 15.9 Å². The van der Waals surface area contributed by atoms with Crippen molar-refractivity contribution in [1.82, 2.24) is 9.80 Å². The standard InChI is InChI=1S/C31H37N3O7S/c1-20-5-12-26(13-6-20)42(39,40)32-25-11-14-28-27(15-25)30(36)34(22(3)19-35)16-21(2)29(41-28)18-33(4)17-23-7-9-24(10-8-23)31(37)38/h5-15,21-22,29,32,35H,16-19H2,1-4H3,(H,37,38)/t21-,22-,29+/m0/s1. The maximum absolute atomic E-state index is 13.7. The molecular weight excluding hydrogens is 558 g/mol. The molecule has 3 atom stereocenters. The van der Waals surface area contributed by atoms with E-state index in [1.54, 1.807) is 60.4 Å². The number of anilines is 1. The number of fused-ring (bicyclic) bond motifs is 1. The largest absolute Gasteiger partial charge is 0.488 e. The fourth-order valence-electron chi connectivity index (χ4n) is 4.87. The minimum Gasteiger partial charge on any atom is -0.488 e. The molecule has 1 heterocycles. The summed E-state index contributed by atoms with van der Waals surface area (Å²) in [5.41, 5.74) is 2.51. The molecule has 10 nitrogen and oxygen atoms in total. The van der Waals surface area contributed by atoms with Gasteiger partial charge in [-0.3, -0.25) is 14.4 Å². The van der Waals surface area contributed by atoms with Gasteiger partial charge in [-0.15, -0.1) is 0 Å². The molecule has 0 bridgehead atoms. The molecule has 3 N–H and O–H groups in total. The molecule has 42 heavy (non-hydrogen) atoms. The van der Waals surface area contributed by atoms with E-state index in [0.29, 0.717) is 25.4 Å². The van der Waals surface area contributed by atoms with E-state index < -0.39 is 22.0 Å². The molecule has 0 aliphatic carbocycles. The van der Waals surface area contributed by atoms with Crippen LogP contribution < -0.4 is 9.46 Å². The number of carboxylic acids is 1. The zero-order valence-electron chi connectivity index (χ0n) is 24.1. The number of carbonyl (C=O) groups excluding carboxylic acids is 1. The molecule has 0 spiro atoms. The van der Waals surface area contributed by atoms with Gasteiger partial charge in [-0.1, -0.05) is 36.8 Å². The van der Waals surface area contributed by atoms with E-state index in [4.69, 9.17) is 9.84 Å². The van der Waals surface area contributed by atoms with Crippen LogP contribution in [0.1, 0.15) is 45.7 Å². The van der Waals surface area contributed by atoms with Crippen molar-refractivity contribution >= 4 is 27.6 Å². The van der Waals surface area contributed by atoms with E-state index in [2.05, 4.69) is 9.62 Å². The molecule has 3 aromatic rings. The highest BCUT2D eigenvalue weighted by Crippen LogP contribution is 2.31. The molecular formula is C31H37N3O7S. The van der Waals surface area contributed by atoms with Crippen molar-refractivity contribution < 1.29 is 33.0 Å². The lowest BCUT2D eigenvalue weighted by molar-refractivity contribution is 0.0341. The number of amides is 1. The van der Waals surface area contributed by atoms with Crippen molar-refractivity contribution in [3.05, 3.63) is 89.0 Å². The van der Waals surface area contributed by atoms with Gasteiger partial charge < -0.3 is 19.8 Å². The Morgan fingerprint density at radius 1 is 1.12 bits per heavy atom. The first kappa shape index (κ1) is 31.0. The zero-order chi connectivity index (χ0) is 30.6. The SMILES string of the molecule is Cc1ccc(S(=O)(=O)Nc2ccc3c(c2)C(=O)N([C@@H](C)CO)C[C@H](C)[C@@H](CN(C)Cc2ccc(C(=O)O)cc2)O3)cc1. The summed E-state index contributed by atoms with van der Waals surface area (Å²) in [6.07, 6.45) is -0.344. The first-order chi connectivity index (χ1) is 19.9. The van der Waals surface area contributed by atoms with Gasteiger partial charge in [0, 0.05) is 31.2 Å². The summed E-state index contributed by atoms with van der Waals surface area (Å²) >= 11 is 0. The molecule has 0 saturated carbocycles. The van der Waals surface area contributed by atoms with Gasteiger partial charge in [0.1, 0.15) is 11.9 Å². The number of ether oxygens (including phenoxy) is 1. The van der Waals surface area contributed by atoms with Crippen LogP contribution in [0.2, 0.25) is 0 Å². The van der Waals surface area contributed by atoms with E-state index in [1.807, 2.05) is 20.9 Å². The lowest BCUT2D eigenvalue weighted by Gasteiger charge is -2.38. The molecule has 3 aromatic carbocycles. The Labute approximate surface area is 246 Å². The number of likely N-dealkylation sites (N-methyl/N-ethyl adjacent to an activating group) is 1. The van der Waals surface area contributed by atoms with Crippen molar-refractivity contribution in [3.8, 4) is 5.75 Å². The predicted octanol–water partition coefficient (Wildman–Crippen LogP) is 3.85. The molecule has 0 fully saturated rings. The fraction of sp³-hybridized carbons (Fsp3) is 0.355. The van der Waals surface area contributed by atoms with Gasteiger partial charge >= 0.3 is 5.97 Å². The van der Waals surface area contributed by atoms with Gasteiger partial charge in [-0.25, -0.2) is 13.2 Å². The Kier molecular flexibility index (Phi) is 9.55. The van der Waals surface area contributed by atoms with Gasteiger partial charge in [-0.2, -0.15) is 0 Å². The third kappa shape index (κ3) is 7.28. The minimum atomic E-state index is -3.89. The molecule has 4 rings (SSSR count). The number of carbonyl (C=O) groups is 2. The summed E-state index contributed by atoms with van der Waals surface area (Å²) in [6, 6.07) is 17.3. The van der Waals surface area contributed by atoms with Crippen molar-refractivity contribution in [2.75, 3.05) is 31.5 Å². The quantitative estimate of drug-likeness (QED) is 0.322. The van der Waals surface area contributed by atoms with Crippen LogP contribution in [0.15, 0.2) is 71.6 Å². The third-order valence-electron chi connectivity index (χ3n) is 7.39. The number of hydrogen-bond donors (Lipinski definition) is 3. The minimum absolute atomic E-state index is 0.104. The molecule has 0 aromatic heterocycles. The highest BCUT2D eigenvalue weighted by molar-refractivity contribution is 7.92. The normalized spacial score (nSPS) is 18.0. The third-order valence-corrected chi connectivity index (χ3v) is 8.79. The molecule has 1 amide bonds. The lowest BCUT2D eigenvalue weighted by atomic mass is 9.99. The van der Waals surface area contributed by atoms with Gasteiger partial charge in [0.15, 0.2) is 0 Å². The Bertz CT molecular complexity index is 1530. The Balaban J connectivity index is 1.60. The number of aromatic carboxylic acids is 1. The van der Waals surface area contributed by atoms with Crippen LogP contribution in [0, 0.1) is 12.8 Å². The summed E-state index contributed by atoms with van der Waals surface area (Å²) < 4.78 is 35.0. The number of nitrogens with zero attached hydrogens (tertiary/aromatic N) is 2. The summed E-state index contributed by atoms with van der Waals surface area (Å²) in [7, 11) is -1.96. The van der Waals surface area contributed by atoms with Gasteiger partial charge in [-0.05, 0) is 68.9 Å². The number of carboxylic acid groups (broad SMARTS) is 1. The molecule has 0 unspecified atom stereocenters. The van der Waals surface area contributed by atoms with Crippen molar-refractivity contribution in [2.45, 2.75) is 44.4 Å². The van der Waals surface area contributed by atoms with E-state index in [-0.39, 0.29) is 46.2 Å². The van der Waals surface area contributed by atoms with Crippen molar-refractivity contribution in [1.29, 1.82) is 0 Å². The second-order valence-corrected chi connectivity index (χ2v) is 12.6. The second kappa shape index (κ2) is 12.9. The van der Waals surface area contributed by atoms with Gasteiger partial charge in [0.05, 0.1) is 28.7 Å². The van der Waals surface area contributed by atoms with E-state index in [1.165, 1.54) is 18.2 Å². The maximum Gasteiger partial charge on any atom is 0.335 e. The molecule has 11 heteroatoms.